The van der Waals surface area contributed by atoms with Crippen LogP contribution in [0.15, 0.2) is 0 Å². The number of hydrogen-bond donors (Lipinski definition) is 1. The zero-order chi connectivity index (χ0) is 8.32. The van der Waals surface area contributed by atoms with Gasteiger partial charge in [0.25, 0.3) is 10.1 Å². The summed E-state index contributed by atoms with van der Waals surface area (Å²) >= 11 is 0. The smallest absolute Gasteiger partial charge is 0.198 e. The molecule has 0 aromatic carbocycles. The summed E-state index contributed by atoms with van der Waals surface area (Å²) in [4.78, 5) is 0. The molecule has 0 aromatic heterocycles. The van der Waals surface area contributed by atoms with E-state index in [1.54, 1.807) is 0 Å². The van der Waals surface area contributed by atoms with Crippen LogP contribution in [0.25, 0.3) is 0 Å². The highest BCUT2D eigenvalue weighted by molar-refractivity contribution is 7.86. The van der Waals surface area contributed by atoms with E-state index >= 15 is 0 Å². The fraction of sp³-hybridized carbons (Fsp3) is 1.00. The Bertz CT molecular complexity index is 208. The zero-order valence-electron chi connectivity index (χ0n) is 6.32. The lowest BCUT2D eigenvalue weighted by Gasteiger charge is -1.98. The van der Waals surface area contributed by atoms with Crippen LogP contribution in [0.3, 0.4) is 0 Å². The lowest BCUT2D eigenvalue weighted by Crippen LogP contribution is -2.14. The molecule has 11 heavy (non-hydrogen) atoms. The lowest BCUT2D eigenvalue weighted by atomic mass is 10.2. The molecule has 1 rings (SSSR count). The molecule has 0 spiro atoms. The Morgan fingerprint density at radius 2 is 2.09 bits per heavy atom. The summed E-state index contributed by atoms with van der Waals surface area (Å²) in [5, 5.41) is 0. The summed E-state index contributed by atoms with van der Waals surface area (Å²) < 4.78 is 25.1. The van der Waals surface area contributed by atoms with Crippen molar-refractivity contribution in [1.82, 2.24) is 0 Å². The van der Waals surface area contributed by atoms with Gasteiger partial charge in [0.2, 0.25) is 0 Å². The van der Waals surface area contributed by atoms with Crippen LogP contribution >= 0.6 is 0 Å². The van der Waals surface area contributed by atoms with Gasteiger partial charge in [0, 0.05) is 0 Å². The molecule has 0 heterocycles. The lowest BCUT2D eigenvalue weighted by molar-refractivity contribution is 0.332. The Labute approximate surface area is 66.8 Å². The Hall–Kier alpha value is -0.130. The van der Waals surface area contributed by atoms with Crippen LogP contribution in [0.4, 0.5) is 0 Å². The van der Waals surface area contributed by atoms with Crippen LogP contribution < -0.4 is 5.90 Å². The van der Waals surface area contributed by atoms with E-state index in [4.69, 9.17) is 0 Å². The first kappa shape index (κ1) is 8.96. The fourth-order valence-electron chi connectivity index (χ4n) is 1.00. The Kier molecular flexibility index (Phi) is 2.86. The van der Waals surface area contributed by atoms with E-state index in [1.165, 1.54) is 12.8 Å². The minimum absolute atomic E-state index is 0.0556. The third-order valence-electron chi connectivity index (χ3n) is 1.85. The molecule has 1 fully saturated rings. The fourth-order valence-corrected chi connectivity index (χ4v) is 1.62. The molecule has 0 bridgehead atoms. The van der Waals surface area contributed by atoms with Crippen molar-refractivity contribution in [2.24, 2.45) is 11.8 Å². The molecule has 66 valence electrons. The first-order valence-electron chi connectivity index (χ1n) is 3.75. The topological polar surface area (TPSA) is 69.4 Å². The molecule has 0 aromatic rings. The predicted molar refractivity (Wildman–Crippen MR) is 41.0 cm³/mol. The van der Waals surface area contributed by atoms with Crippen LogP contribution in [-0.4, -0.2) is 14.2 Å². The van der Waals surface area contributed by atoms with E-state index in [1.807, 2.05) is 0 Å². The van der Waals surface area contributed by atoms with E-state index in [-0.39, 0.29) is 5.75 Å². The average molecular weight is 179 g/mol. The minimum atomic E-state index is -3.41. The van der Waals surface area contributed by atoms with Gasteiger partial charge in [-0.2, -0.15) is 18.6 Å². The van der Waals surface area contributed by atoms with Crippen molar-refractivity contribution in [3.63, 3.8) is 0 Å². The SMILES string of the molecule is NOS(=O)(=O)CCCC1CC1. The second kappa shape index (κ2) is 3.51. The second-order valence-electron chi connectivity index (χ2n) is 2.94. The Morgan fingerprint density at radius 3 is 2.55 bits per heavy atom. The highest BCUT2D eigenvalue weighted by atomic mass is 32.2. The van der Waals surface area contributed by atoms with Crippen molar-refractivity contribution in [2.75, 3.05) is 5.75 Å². The molecule has 0 saturated heterocycles. The maximum absolute atomic E-state index is 10.7. The van der Waals surface area contributed by atoms with Gasteiger partial charge in [-0.1, -0.05) is 12.8 Å². The Morgan fingerprint density at radius 1 is 1.45 bits per heavy atom. The molecule has 1 saturated carbocycles. The summed E-state index contributed by atoms with van der Waals surface area (Å²) in [5.74, 6) is 5.37. The molecule has 0 amide bonds. The second-order valence-corrected chi connectivity index (χ2v) is 4.66. The first-order valence-corrected chi connectivity index (χ1v) is 5.33. The van der Waals surface area contributed by atoms with Gasteiger partial charge in [0.15, 0.2) is 0 Å². The van der Waals surface area contributed by atoms with Crippen LogP contribution in [0.1, 0.15) is 25.7 Å². The third-order valence-corrected chi connectivity index (χ3v) is 2.93. The van der Waals surface area contributed by atoms with Crippen molar-refractivity contribution in [3.05, 3.63) is 0 Å². The van der Waals surface area contributed by atoms with E-state index < -0.39 is 10.1 Å². The maximum atomic E-state index is 10.7. The van der Waals surface area contributed by atoms with Crippen LogP contribution in [0.5, 0.6) is 0 Å². The largest absolute Gasteiger partial charge is 0.283 e. The van der Waals surface area contributed by atoms with Crippen molar-refractivity contribution in [2.45, 2.75) is 25.7 Å². The predicted octanol–water partition coefficient (Wildman–Crippen LogP) is 0.397. The normalized spacial score (nSPS) is 18.6. The van der Waals surface area contributed by atoms with Gasteiger partial charge in [0.1, 0.15) is 0 Å². The third kappa shape index (κ3) is 3.69. The Balaban J connectivity index is 2.09. The van der Waals surface area contributed by atoms with Gasteiger partial charge < -0.3 is 0 Å². The van der Waals surface area contributed by atoms with Crippen LogP contribution in [0.2, 0.25) is 0 Å². The van der Waals surface area contributed by atoms with Crippen molar-refractivity contribution >= 4 is 10.1 Å². The maximum Gasteiger partial charge on any atom is 0.283 e. The molecule has 1 aliphatic rings. The van der Waals surface area contributed by atoms with Gasteiger partial charge in [-0.25, -0.2) is 0 Å². The van der Waals surface area contributed by atoms with Gasteiger partial charge in [-0.15, -0.1) is 0 Å². The van der Waals surface area contributed by atoms with Crippen molar-refractivity contribution < 1.29 is 12.7 Å². The molecule has 5 heteroatoms. The molecular weight excluding hydrogens is 166 g/mol. The molecule has 1 aliphatic carbocycles. The molecule has 0 atom stereocenters. The van der Waals surface area contributed by atoms with Crippen molar-refractivity contribution in [3.8, 4) is 0 Å². The molecule has 0 unspecified atom stereocenters. The average Bonchev–Trinajstić information content (AvgIpc) is 2.71. The van der Waals surface area contributed by atoms with E-state index in [0.29, 0.717) is 6.42 Å². The summed E-state index contributed by atoms with van der Waals surface area (Å²) in [6.45, 7) is 0. The first-order chi connectivity index (χ1) is 5.14. The minimum Gasteiger partial charge on any atom is -0.198 e. The molecule has 2 N–H and O–H groups in total. The van der Waals surface area contributed by atoms with Gasteiger partial charge in [-0.05, 0) is 18.8 Å². The highest BCUT2D eigenvalue weighted by Gasteiger charge is 2.21. The van der Waals surface area contributed by atoms with Crippen LogP contribution in [-0.2, 0) is 14.4 Å². The van der Waals surface area contributed by atoms with Crippen LogP contribution in [0, 0.1) is 5.92 Å². The monoisotopic (exact) mass is 179 g/mol. The molecular formula is C6H13NO3S. The van der Waals surface area contributed by atoms with E-state index in [2.05, 4.69) is 10.2 Å². The van der Waals surface area contributed by atoms with Gasteiger partial charge in [0.05, 0.1) is 5.75 Å². The standard InChI is InChI=1S/C6H13NO3S/c7-10-11(8,9)5-1-2-6-3-4-6/h6H,1-5,7H2. The molecule has 0 aliphatic heterocycles. The zero-order valence-corrected chi connectivity index (χ0v) is 7.14. The summed E-state index contributed by atoms with van der Waals surface area (Å²) in [7, 11) is -3.41. The number of nitrogens with two attached hydrogens (primary N) is 1. The summed E-state index contributed by atoms with van der Waals surface area (Å²) in [6.07, 6.45) is 4.17. The van der Waals surface area contributed by atoms with Gasteiger partial charge >= 0.3 is 0 Å². The quantitative estimate of drug-likeness (QED) is 0.620. The number of hydrogen-bond acceptors (Lipinski definition) is 4. The van der Waals surface area contributed by atoms with Crippen molar-refractivity contribution in [1.29, 1.82) is 0 Å². The van der Waals surface area contributed by atoms with E-state index in [0.717, 1.165) is 12.3 Å². The molecule has 0 radical (unpaired) electrons. The molecule has 4 nitrogen and oxygen atoms in total. The van der Waals surface area contributed by atoms with Gasteiger partial charge in [-0.3, -0.25) is 0 Å². The summed E-state index contributed by atoms with van der Waals surface area (Å²) in [5.41, 5.74) is 0. The highest BCUT2D eigenvalue weighted by Crippen LogP contribution is 2.33. The van der Waals surface area contributed by atoms with E-state index in [9.17, 15) is 8.42 Å². The summed E-state index contributed by atoms with van der Waals surface area (Å²) in [6, 6.07) is 0. The number of rotatable bonds is 5.